The van der Waals surface area contributed by atoms with Crippen LogP contribution in [0.5, 0.6) is 5.75 Å². The number of hydrazone groups is 1. The molecule has 172 valence electrons. The van der Waals surface area contributed by atoms with Crippen molar-refractivity contribution in [3.63, 3.8) is 0 Å². The molecule has 3 aromatic carbocycles. The van der Waals surface area contributed by atoms with Crippen molar-refractivity contribution in [2.24, 2.45) is 5.10 Å². The van der Waals surface area contributed by atoms with Crippen LogP contribution in [0, 0.1) is 6.92 Å². The second-order valence-corrected chi connectivity index (χ2v) is 9.11. The number of rotatable bonds is 8. The third kappa shape index (κ3) is 5.73. The maximum Gasteiger partial charge on any atom is 0.250 e. The van der Waals surface area contributed by atoms with E-state index in [0.29, 0.717) is 11.0 Å². The minimum absolute atomic E-state index is 0.134. The molecule has 9 heteroatoms. The highest BCUT2D eigenvalue weighted by Gasteiger charge is 2.17. The van der Waals surface area contributed by atoms with Gasteiger partial charge in [-0.3, -0.25) is 9.36 Å². The molecular weight excluding hydrogens is 514 g/mol. The summed E-state index contributed by atoms with van der Waals surface area (Å²) in [5.41, 5.74) is 6.40. The predicted octanol–water partition coefficient (Wildman–Crippen LogP) is 5.26. The molecular formula is C25H22BrN5O2S. The molecule has 0 radical (unpaired) electrons. The highest BCUT2D eigenvalue weighted by Crippen LogP contribution is 2.29. The van der Waals surface area contributed by atoms with Crippen LogP contribution in [0.15, 0.2) is 87.5 Å². The molecule has 0 aliphatic rings. The molecule has 0 saturated heterocycles. The number of ether oxygens (including phenoxy) is 1. The maximum atomic E-state index is 12.4. The van der Waals surface area contributed by atoms with Crippen molar-refractivity contribution in [2.75, 3.05) is 12.9 Å². The Morgan fingerprint density at radius 2 is 1.82 bits per heavy atom. The summed E-state index contributed by atoms with van der Waals surface area (Å²) in [5.74, 6) is 1.34. The van der Waals surface area contributed by atoms with Gasteiger partial charge < -0.3 is 4.74 Å². The van der Waals surface area contributed by atoms with Gasteiger partial charge in [-0.1, -0.05) is 75.7 Å². The van der Waals surface area contributed by atoms with Crippen LogP contribution in [0.2, 0.25) is 0 Å². The molecule has 1 amide bonds. The fourth-order valence-corrected chi connectivity index (χ4v) is 4.26. The van der Waals surface area contributed by atoms with Crippen molar-refractivity contribution in [1.82, 2.24) is 20.2 Å². The van der Waals surface area contributed by atoms with E-state index >= 15 is 0 Å². The van der Waals surface area contributed by atoms with Crippen LogP contribution in [-0.2, 0) is 4.79 Å². The van der Waals surface area contributed by atoms with Gasteiger partial charge >= 0.3 is 0 Å². The van der Waals surface area contributed by atoms with Crippen molar-refractivity contribution in [3.8, 4) is 22.8 Å². The number of methoxy groups -OCH3 is 1. The summed E-state index contributed by atoms with van der Waals surface area (Å²) in [6.07, 6.45) is 1.60. The summed E-state index contributed by atoms with van der Waals surface area (Å²) in [5, 5.41) is 13.4. The van der Waals surface area contributed by atoms with Gasteiger partial charge in [-0.2, -0.15) is 5.10 Å². The monoisotopic (exact) mass is 535 g/mol. The Morgan fingerprint density at radius 3 is 2.53 bits per heavy atom. The fraction of sp³-hybridized carbons (Fsp3) is 0.120. The first kappa shape index (κ1) is 23.7. The van der Waals surface area contributed by atoms with Gasteiger partial charge in [0.15, 0.2) is 11.0 Å². The molecule has 4 aromatic rings. The van der Waals surface area contributed by atoms with E-state index in [2.05, 4.69) is 36.7 Å². The number of nitrogens with one attached hydrogen (secondary N) is 1. The number of aromatic nitrogens is 3. The van der Waals surface area contributed by atoms with Crippen molar-refractivity contribution < 1.29 is 9.53 Å². The zero-order valence-electron chi connectivity index (χ0n) is 18.6. The topological polar surface area (TPSA) is 81.4 Å². The first-order valence-corrected chi connectivity index (χ1v) is 12.2. The van der Waals surface area contributed by atoms with E-state index in [9.17, 15) is 4.79 Å². The molecule has 0 aliphatic heterocycles. The van der Waals surface area contributed by atoms with Crippen LogP contribution >= 0.6 is 27.7 Å². The van der Waals surface area contributed by atoms with Crippen LogP contribution < -0.4 is 10.2 Å². The molecule has 0 saturated carbocycles. The van der Waals surface area contributed by atoms with E-state index in [1.54, 1.807) is 13.3 Å². The summed E-state index contributed by atoms with van der Waals surface area (Å²) in [6, 6.07) is 23.4. The number of benzene rings is 3. The minimum atomic E-state index is -0.241. The Morgan fingerprint density at radius 1 is 1.09 bits per heavy atom. The molecule has 34 heavy (non-hydrogen) atoms. The molecule has 0 bridgehead atoms. The van der Waals surface area contributed by atoms with Gasteiger partial charge in [-0.05, 0) is 37.3 Å². The van der Waals surface area contributed by atoms with Gasteiger partial charge in [0.05, 0.1) is 19.1 Å². The lowest BCUT2D eigenvalue weighted by Gasteiger charge is -2.11. The second-order valence-electron chi connectivity index (χ2n) is 7.31. The SMILES string of the molecule is COc1ccc(-n2c(SCC(=O)NN=Cc3ccccc3Br)nnc2-c2ccc(C)cc2)cc1. The van der Waals surface area contributed by atoms with Crippen LogP contribution in [-0.4, -0.2) is 39.7 Å². The van der Waals surface area contributed by atoms with Gasteiger partial charge in [-0.25, -0.2) is 5.43 Å². The summed E-state index contributed by atoms with van der Waals surface area (Å²) in [7, 11) is 1.63. The number of amides is 1. The largest absolute Gasteiger partial charge is 0.497 e. The van der Waals surface area contributed by atoms with Crippen LogP contribution in [0.1, 0.15) is 11.1 Å². The highest BCUT2D eigenvalue weighted by atomic mass is 79.9. The number of halogens is 1. The fourth-order valence-electron chi connectivity index (χ4n) is 3.13. The molecule has 4 rings (SSSR count). The van der Waals surface area contributed by atoms with Gasteiger partial charge in [0.1, 0.15) is 5.75 Å². The third-order valence-electron chi connectivity index (χ3n) is 4.90. The minimum Gasteiger partial charge on any atom is -0.497 e. The van der Waals surface area contributed by atoms with E-state index < -0.39 is 0 Å². The number of carbonyl (C=O) groups is 1. The van der Waals surface area contributed by atoms with Crippen LogP contribution in [0.3, 0.4) is 0 Å². The van der Waals surface area contributed by atoms with E-state index in [1.165, 1.54) is 11.8 Å². The van der Waals surface area contributed by atoms with Crippen LogP contribution in [0.4, 0.5) is 0 Å². The standard InChI is InChI=1S/C25H22BrN5O2S/c1-17-7-9-18(10-8-17)24-29-30-25(31(24)20-11-13-21(33-2)14-12-20)34-16-23(32)28-27-15-19-5-3-4-6-22(19)26/h3-15H,16H2,1-2H3,(H,28,32). The van der Waals surface area contributed by atoms with Crippen molar-refractivity contribution in [3.05, 3.63) is 88.4 Å². The quantitative estimate of drug-likeness (QED) is 0.189. The first-order chi connectivity index (χ1) is 16.5. The molecule has 1 heterocycles. The molecule has 0 aliphatic carbocycles. The lowest BCUT2D eigenvalue weighted by atomic mass is 10.1. The molecule has 0 spiro atoms. The van der Waals surface area contributed by atoms with E-state index in [0.717, 1.165) is 32.6 Å². The zero-order chi connectivity index (χ0) is 23.9. The molecule has 0 unspecified atom stereocenters. The Bertz CT molecular complexity index is 1300. The molecule has 0 fully saturated rings. The Labute approximate surface area is 210 Å². The maximum absolute atomic E-state index is 12.4. The van der Waals surface area contributed by atoms with Gasteiger partial charge in [-0.15, -0.1) is 10.2 Å². The number of aryl methyl sites for hydroxylation is 1. The van der Waals surface area contributed by atoms with Gasteiger partial charge in [0.25, 0.3) is 5.91 Å². The molecule has 1 N–H and O–H groups in total. The number of hydrogen-bond acceptors (Lipinski definition) is 6. The second kappa shape index (κ2) is 11.1. The Kier molecular flexibility index (Phi) is 7.76. The van der Waals surface area contributed by atoms with E-state index in [-0.39, 0.29) is 11.7 Å². The van der Waals surface area contributed by atoms with Gasteiger partial charge in [0.2, 0.25) is 0 Å². The predicted molar refractivity (Wildman–Crippen MR) is 139 cm³/mol. The van der Waals surface area contributed by atoms with Crippen molar-refractivity contribution in [1.29, 1.82) is 0 Å². The summed E-state index contributed by atoms with van der Waals surface area (Å²) in [4.78, 5) is 12.4. The lowest BCUT2D eigenvalue weighted by molar-refractivity contribution is -0.118. The highest BCUT2D eigenvalue weighted by molar-refractivity contribution is 9.10. The van der Waals surface area contributed by atoms with Crippen molar-refractivity contribution >= 4 is 39.8 Å². The van der Waals surface area contributed by atoms with Crippen molar-refractivity contribution in [2.45, 2.75) is 12.1 Å². The van der Waals surface area contributed by atoms with Gasteiger partial charge in [0, 0.05) is 21.3 Å². The Balaban J connectivity index is 1.53. The number of nitrogens with zero attached hydrogens (tertiary/aromatic N) is 4. The number of hydrogen-bond donors (Lipinski definition) is 1. The summed E-state index contributed by atoms with van der Waals surface area (Å²) < 4.78 is 8.12. The van der Waals surface area contributed by atoms with E-state index in [1.807, 2.05) is 84.3 Å². The van der Waals surface area contributed by atoms with E-state index in [4.69, 9.17) is 4.74 Å². The Hall–Kier alpha value is -3.43. The average Bonchev–Trinajstić information content (AvgIpc) is 3.28. The summed E-state index contributed by atoms with van der Waals surface area (Å²) in [6.45, 7) is 2.04. The lowest BCUT2D eigenvalue weighted by Crippen LogP contribution is -2.20. The smallest absolute Gasteiger partial charge is 0.250 e. The zero-order valence-corrected chi connectivity index (χ0v) is 21.0. The normalized spacial score (nSPS) is 11.0. The average molecular weight is 536 g/mol. The number of thioether (sulfide) groups is 1. The molecule has 1 aromatic heterocycles. The summed E-state index contributed by atoms with van der Waals surface area (Å²) >= 11 is 4.75. The molecule has 7 nitrogen and oxygen atoms in total. The number of carbonyl (C=O) groups excluding carboxylic acids is 1. The first-order valence-electron chi connectivity index (χ1n) is 10.4. The third-order valence-corrected chi connectivity index (χ3v) is 6.56. The van der Waals surface area contributed by atoms with Crippen LogP contribution in [0.25, 0.3) is 17.1 Å². The molecule has 0 atom stereocenters.